The van der Waals surface area contributed by atoms with Gasteiger partial charge < -0.3 is 5.21 Å². The predicted molar refractivity (Wildman–Crippen MR) is 72.9 cm³/mol. The number of benzene rings is 1. The highest BCUT2D eigenvalue weighted by Gasteiger charge is 2.13. The van der Waals surface area contributed by atoms with Gasteiger partial charge in [-0.05, 0) is 17.7 Å². The van der Waals surface area contributed by atoms with Gasteiger partial charge in [0.25, 0.3) is 0 Å². The number of oxime groups is 1. The van der Waals surface area contributed by atoms with Gasteiger partial charge in [0.2, 0.25) is 0 Å². The van der Waals surface area contributed by atoms with Gasteiger partial charge in [-0.25, -0.2) is 4.98 Å². The average Bonchev–Trinajstić information content (AvgIpc) is 2.93. The Hall–Kier alpha value is -1.85. The molecule has 90 valence electrons. The van der Waals surface area contributed by atoms with Gasteiger partial charge in [-0.1, -0.05) is 40.2 Å². The van der Waals surface area contributed by atoms with Crippen LogP contribution in [0.4, 0.5) is 0 Å². The van der Waals surface area contributed by atoms with Gasteiger partial charge in [-0.3, -0.25) is 4.40 Å². The summed E-state index contributed by atoms with van der Waals surface area (Å²) in [4.78, 5) is 6.09. The summed E-state index contributed by atoms with van der Waals surface area (Å²) < 4.78 is 1.88. The summed E-state index contributed by atoms with van der Waals surface area (Å²) in [7, 11) is 0. The second-order valence-corrected chi connectivity index (χ2v) is 5.06. The van der Waals surface area contributed by atoms with Crippen LogP contribution in [0.2, 0.25) is 5.02 Å². The van der Waals surface area contributed by atoms with Crippen LogP contribution in [0.3, 0.4) is 0 Å². The van der Waals surface area contributed by atoms with Gasteiger partial charge in [-0.15, -0.1) is 0 Å². The second kappa shape index (κ2) is 4.44. The average molecular weight is 278 g/mol. The number of thiazole rings is 1. The molecule has 1 N–H and O–H groups in total. The molecule has 0 radical (unpaired) electrons. The van der Waals surface area contributed by atoms with Gasteiger partial charge in [0, 0.05) is 17.4 Å². The smallest absolute Gasteiger partial charge is 0.194 e. The maximum absolute atomic E-state index is 8.77. The van der Waals surface area contributed by atoms with Crippen molar-refractivity contribution in [3.8, 4) is 10.4 Å². The number of hydrogen-bond donors (Lipinski definition) is 1. The van der Waals surface area contributed by atoms with Gasteiger partial charge in [0.1, 0.15) is 0 Å². The van der Waals surface area contributed by atoms with Crippen molar-refractivity contribution in [2.75, 3.05) is 0 Å². The minimum absolute atomic E-state index is 0.692. The van der Waals surface area contributed by atoms with E-state index in [9.17, 15) is 0 Å². The molecule has 0 spiro atoms. The molecule has 18 heavy (non-hydrogen) atoms. The molecule has 0 unspecified atom stereocenters. The molecule has 0 aliphatic carbocycles. The van der Waals surface area contributed by atoms with Crippen molar-refractivity contribution in [1.82, 2.24) is 9.38 Å². The summed E-state index contributed by atoms with van der Waals surface area (Å²) in [6.45, 7) is 0. The van der Waals surface area contributed by atoms with Crippen LogP contribution in [-0.4, -0.2) is 20.8 Å². The molecule has 0 saturated carbocycles. The lowest BCUT2D eigenvalue weighted by Gasteiger charge is -1.99. The third-order valence-electron chi connectivity index (χ3n) is 2.58. The van der Waals surface area contributed by atoms with Crippen LogP contribution in [0.5, 0.6) is 0 Å². The third kappa shape index (κ3) is 1.77. The summed E-state index contributed by atoms with van der Waals surface area (Å²) in [6, 6.07) is 7.53. The summed E-state index contributed by atoms with van der Waals surface area (Å²) in [5.74, 6) is 0. The Morgan fingerprint density at radius 3 is 2.83 bits per heavy atom. The van der Waals surface area contributed by atoms with Crippen LogP contribution < -0.4 is 0 Å². The molecular formula is C12H8ClN3OS. The van der Waals surface area contributed by atoms with Gasteiger partial charge in [0.05, 0.1) is 16.8 Å². The van der Waals surface area contributed by atoms with Crippen molar-refractivity contribution in [2.24, 2.45) is 5.16 Å². The first-order chi connectivity index (χ1) is 8.79. The summed E-state index contributed by atoms with van der Waals surface area (Å²) in [6.07, 6.45) is 4.96. The summed E-state index contributed by atoms with van der Waals surface area (Å²) in [5.41, 5.74) is 1.82. The fraction of sp³-hybridized carbons (Fsp3) is 0. The van der Waals surface area contributed by atoms with E-state index < -0.39 is 0 Å². The van der Waals surface area contributed by atoms with E-state index in [0.29, 0.717) is 5.02 Å². The monoisotopic (exact) mass is 277 g/mol. The van der Waals surface area contributed by atoms with Crippen LogP contribution >= 0.6 is 22.9 Å². The van der Waals surface area contributed by atoms with Crippen LogP contribution in [0, 0.1) is 0 Å². The van der Waals surface area contributed by atoms with E-state index in [0.717, 1.165) is 21.1 Å². The van der Waals surface area contributed by atoms with Crippen molar-refractivity contribution in [3.63, 3.8) is 0 Å². The Balaban J connectivity index is 2.24. The predicted octanol–water partition coefficient (Wildman–Crippen LogP) is 3.52. The Bertz CT molecular complexity index is 715. The highest BCUT2D eigenvalue weighted by Crippen LogP contribution is 2.32. The SMILES string of the molecule is O/N=C\c1c(-c2ccc(Cl)cc2)sc2nccn12. The molecule has 0 saturated heterocycles. The first kappa shape index (κ1) is 11.3. The van der Waals surface area contributed by atoms with Gasteiger partial charge in [0.15, 0.2) is 4.96 Å². The van der Waals surface area contributed by atoms with E-state index in [2.05, 4.69) is 10.1 Å². The van der Waals surface area contributed by atoms with E-state index in [-0.39, 0.29) is 0 Å². The fourth-order valence-electron chi connectivity index (χ4n) is 1.79. The number of aromatic nitrogens is 2. The van der Waals surface area contributed by atoms with Crippen molar-refractivity contribution >= 4 is 34.1 Å². The summed E-state index contributed by atoms with van der Waals surface area (Å²) in [5, 5.41) is 12.6. The minimum atomic E-state index is 0.692. The second-order valence-electron chi connectivity index (χ2n) is 3.65. The lowest BCUT2D eigenvalue weighted by molar-refractivity contribution is 0.321. The molecule has 0 aliphatic rings. The normalized spacial score (nSPS) is 11.6. The van der Waals surface area contributed by atoms with Crippen molar-refractivity contribution < 1.29 is 5.21 Å². The zero-order chi connectivity index (χ0) is 12.5. The molecule has 0 bridgehead atoms. The molecule has 2 aromatic heterocycles. The number of hydrogen-bond acceptors (Lipinski definition) is 4. The maximum atomic E-state index is 8.77. The molecule has 0 atom stereocenters. The zero-order valence-electron chi connectivity index (χ0n) is 9.12. The molecular weight excluding hydrogens is 270 g/mol. The maximum Gasteiger partial charge on any atom is 0.194 e. The largest absolute Gasteiger partial charge is 0.411 e. The minimum Gasteiger partial charge on any atom is -0.411 e. The molecule has 6 heteroatoms. The van der Waals surface area contributed by atoms with Gasteiger partial charge in [-0.2, -0.15) is 0 Å². The quantitative estimate of drug-likeness (QED) is 0.443. The molecule has 0 fully saturated rings. The van der Waals surface area contributed by atoms with Crippen molar-refractivity contribution in [3.05, 3.63) is 47.4 Å². The fourth-order valence-corrected chi connectivity index (χ4v) is 2.97. The van der Waals surface area contributed by atoms with Crippen molar-refractivity contribution in [1.29, 1.82) is 0 Å². The third-order valence-corrected chi connectivity index (χ3v) is 3.96. The highest BCUT2D eigenvalue weighted by atomic mass is 35.5. The van der Waals surface area contributed by atoms with E-state index in [1.807, 2.05) is 34.9 Å². The number of nitrogens with zero attached hydrogens (tertiary/aromatic N) is 3. The standard InChI is InChI=1S/C12H8ClN3OS/c13-9-3-1-8(2-4-9)11-10(7-15-17)16-6-5-14-12(16)18-11/h1-7,17H/b15-7-. The first-order valence-electron chi connectivity index (χ1n) is 5.19. The highest BCUT2D eigenvalue weighted by molar-refractivity contribution is 7.20. The van der Waals surface area contributed by atoms with Crippen LogP contribution in [-0.2, 0) is 0 Å². The number of rotatable bonds is 2. The Morgan fingerprint density at radius 1 is 1.33 bits per heavy atom. The molecule has 0 aliphatic heterocycles. The van der Waals surface area contributed by atoms with Crippen LogP contribution in [0.25, 0.3) is 15.4 Å². The van der Waals surface area contributed by atoms with Gasteiger partial charge >= 0.3 is 0 Å². The lowest BCUT2D eigenvalue weighted by atomic mass is 10.1. The van der Waals surface area contributed by atoms with Crippen LogP contribution in [0.1, 0.15) is 5.69 Å². The van der Waals surface area contributed by atoms with E-state index in [1.54, 1.807) is 6.20 Å². The van der Waals surface area contributed by atoms with Crippen LogP contribution in [0.15, 0.2) is 41.8 Å². The number of fused-ring (bicyclic) bond motifs is 1. The number of halogens is 1. The van der Waals surface area contributed by atoms with E-state index in [1.165, 1.54) is 17.6 Å². The summed E-state index contributed by atoms with van der Waals surface area (Å²) >= 11 is 7.41. The first-order valence-corrected chi connectivity index (χ1v) is 6.38. The Labute approximate surface area is 112 Å². The number of imidazole rings is 1. The van der Waals surface area contributed by atoms with E-state index in [4.69, 9.17) is 16.8 Å². The van der Waals surface area contributed by atoms with E-state index >= 15 is 0 Å². The molecule has 2 heterocycles. The zero-order valence-corrected chi connectivity index (χ0v) is 10.7. The molecule has 3 aromatic rings. The molecule has 3 rings (SSSR count). The Morgan fingerprint density at radius 2 is 2.11 bits per heavy atom. The van der Waals surface area contributed by atoms with Crippen molar-refractivity contribution in [2.45, 2.75) is 0 Å². The molecule has 0 amide bonds. The topological polar surface area (TPSA) is 49.9 Å². The molecule has 4 nitrogen and oxygen atoms in total. The molecule has 1 aromatic carbocycles. The Kier molecular flexibility index (Phi) is 2.77. The lowest BCUT2D eigenvalue weighted by Crippen LogP contribution is -1.90.